The Bertz CT molecular complexity index is 389. The van der Waals surface area contributed by atoms with Crippen LogP contribution in [-0.2, 0) is 11.3 Å². The number of carbonyl (C=O) groups is 1. The van der Waals surface area contributed by atoms with Crippen molar-refractivity contribution < 1.29 is 22.7 Å². The molecule has 1 aromatic heterocycles. The van der Waals surface area contributed by atoms with Crippen molar-refractivity contribution in [3.63, 3.8) is 0 Å². The van der Waals surface area contributed by atoms with E-state index in [0.717, 1.165) is 4.68 Å². The van der Waals surface area contributed by atoms with Crippen LogP contribution in [0.2, 0.25) is 0 Å². The van der Waals surface area contributed by atoms with Crippen molar-refractivity contribution in [3.8, 4) is 0 Å². The largest absolute Gasteiger partial charge is 0.464 e. The molecule has 1 rings (SSSR count). The lowest BCUT2D eigenvalue weighted by molar-refractivity contribution is -0.137. The smallest absolute Gasteiger partial charge is 0.390 e. The second-order valence-electron chi connectivity index (χ2n) is 2.92. The lowest BCUT2D eigenvalue weighted by atomic mass is 10.4. The molecule has 0 atom stereocenters. The molecule has 0 aliphatic heterocycles. The molecular formula is C8H8F3IN2O2. The molecule has 16 heavy (non-hydrogen) atoms. The van der Waals surface area contributed by atoms with Crippen LogP contribution in [-0.4, -0.2) is 29.0 Å². The average molecular weight is 348 g/mol. The third-order valence-electron chi connectivity index (χ3n) is 1.78. The molecular weight excluding hydrogens is 340 g/mol. The Balaban J connectivity index is 2.85. The summed E-state index contributed by atoms with van der Waals surface area (Å²) in [6, 6.07) is 0. The number of methoxy groups -OCH3 is 1. The number of hydrogen-bond donors (Lipinski definition) is 0. The predicted octanol–water partition coefficient (Wildman–Crippen LogP) is 2.23. The summed E-state index contributed by atoms with van der Waals surface area (Å²) in [4.78, 5) is 11.3. The third kappa shape index (κ3) is 3.35. The van der Waals surface area contributed by atoms with Crippen molar-refractivity contribution >= 4 is 28.6 Å². The van der Waals surface area contributed by atoms with E-state index in [1.54, 1.807) is 0 Å². The highest BCUT2D eigenvalue weighted by atomic mass is 127. The highest BCUT2D eigenvalue weighted by Gasteiger charge is 2.28. The second kappa shape index (κ2) is 5.02. The lowest BCUT2D eigenvalue weighted by Crippen LogP contribution is -2.18. The van der Waals surface area contributed by atoms with Crippen molar-refractivity contribution in [1.82, 2.24) is 9.78 Å². The van der Waals surface area contributed by atoms with Crippen LogP contribution in [0.1, 0.15) is 16.9 Å². The quantitative estimate of drug-likeness (QED) is 0.622. The number of rotatable bonds is 3. The molecule has 0 spiro atoms. The maximum Gasteiger partial charge on any atom is 0.390 e. The van der Waals surface area contributed by atoms with Gasteiger partial charge in [0.15, 0.2) is 5.69 Å². The minimum absolute atomic E-state index is 0.0485. The zero-order chi connectivity index (χ0) is 12.3. The van der Waals surface area contributed by atoms with Gasteiger partial charge in [-0.2, -0.15) is 18.3 Å². The van der Waals surface area contributed by atoms with E-state index in [2.05, 4.69) is 9.84 Å². The van der Waals surface area contributed by atoms with Gasteiger partial charge in [0.25, 0.3) is 0 Å². The van der Waals surface area contributed by atoms with Gasteiger partial charge in [-0.05, 0) is 22.6 Å². The number of hydrogen-bond acceptors (Lipinski definition) is 3. The summed E-state index contributed by atoms with van der Waals surface area (Å²) in [5.41, 5.74) is 0.0485. The normalized spacial score (nSPS) is 11.6. The van der Waals surface area contributed by atoms with Crippen LogP contribution in [0.15, 0.2) is 6.20 Å². The van der Waals surface area contributed by atoms with Gasteiger partial charge in [0.2, 0.25) is 0 Å². The van der Waals surface area contributed by atoms with Crippen LogP contribution in [0.3, 0.4) is 0 Å². The van der Waals surface area contributed by atoms with Gasteiger partial charge in [-0.25, -0.2) is 4.79 Å². The van der Waals surface area contributed by atoms with Gasteiger partial charge >= 0.3 is 12.1 Å². The van der Waals surface area contributed by atoms with Crippen molar-refractivity contribution in [2.45, 2.75) is 19.1 Å². The molecule has 0 fully saturated rings. The highest BCUT2D eigenvalue weighted by molar-refractivity contribution is 14.1. The number of halogens is 4. The number of carbonyl (C=O) groups excluding carboxylic acids is 1. The molecule has 0 aliphatic carbocycles. The molecule has 0 N–H and O–H groups in total. The minimum Gasteiger partial charge on any atom is -0.464 e. The van der Waals surface area contributed by atoms with Gasteiger partial charge in [0.1, 0.15) is 0 Å². The summed E-state index contributed by atoms with van der Waals surface area (Å²) in [5.74, 6) is -0.691. The summed E-state index contributed by atoms with van der Waals surface area (Å²) in [6.07, 6.45) is -3.98. The number of ether oxygens (including phenoxy) is 1. The highest BCUT2D eigenvalue weighted by Crippen LogP contribution is 2.21. The molecule has 0 aliphatic rings. The summed E-state index contributed by atoms with van der Waals surface area (Å²) >= 11 is 1.81. The zero-order valence-electron chi connectivity index (χ0n) is 8.21. The van der Waals surface area contributed by atoms with Crippen LogP contribution in [0.5, 0.6) is 0 Å². The van der Waals surface area contributed by atoms with E-state index in [4.69, 9.17) is 0 Å². The van der Waals surface area contributed by atoms with E-state index in [1.165, 1.54) is 13.3 Å². The summed E-state index contributed by atoms with van der Waals surface area (Å²) < 4.78 is 41.9. The molecule has 0 radical (unpaired) electrons. The van der Waals surface area contributed by atoms with Crippen molar-refractivity contribution in [2.24, 2.45) is 0 Å². The molecule has 1 heterocycles. The molecule has 0 saturated carbocycles. The Morgan fingerprint density at radius 3 is 2.75 bits per heavy atom. The van der Waals surface area contributed by atoms with Gasteiger partial charge < -0.3 is 4.74 Å². The van der Waals surface area contributed by atoms with E-state index in [9.17, 15) is 18.0 Å². The Hall–Kier alpha value is -0.800. The molecule has 0 unspecified atom stereocenters. The van der Waals surface area contributed by atoms with Crippen molar-refractivity contribution in [3.05, 3.63) is 15.5 Å². The van der Waals surface area contributed by atoms with Gasteiger partial charge in [0, 0.05) is 0 Å². The van der Waals surface area contributed by atoms with Crippen molar-refractivity contribution in [1.29, 1.82) is 0 Å². The summed E-state index contributed by atoms with van der Waals surface area (Å²) in [5, 5.41) is 3.70. The molecule has 90 valence electrons. The van der Waals surface area contributed by atoms with E-state index in [0.29, 0.717) is 3.57 Å². The average Bonchev–Trinajstić information content (AvgIpc) is 2.54. The van der Waals surface area contributed by atoms with Crippen LogP contribution in [0, 0.1) is 3.57 Å². The number of esters is 1. The predicted molar refractivity (Wildman–Crippen MR) is 57.0 cm³/mol. The van der Waals surface area contributed by atoms with Gasteiger partial charge in [-0.3, -0.25) is 4.68 Å². The van der Waals surface area contributed by atoms with E-state index < -0.39 is 25.1 Å². The second-order valence-corrected chi connectivity index (χ2v) is 4.08. The molecule has 8 heteroatoms. The summed E-state index contributed by atoms with van der Waals surface area (Å²) in [7, 11) is 1.17. The number of aromatic nitrogens is 2. The third-order valence-corrected chi connectivity index (χ3v) is 2.57. The Morgan fingerprint density at radius 2 is 2.25 bits per heavy atom. The number of alkyl halides is 3. The molecule has 0 amide bonds. The maximum absolute atomic E-state index is 12.0. The van der Waals surface area contributed by atoms with Crippen molar-refractivity contribution in [2.75, 3.05) is 7.11 Å². The monoisotopic (exact) mass is 348 g/mol. The molecule has 0 aromatic carbocycles. The zero-order valence-corrected chi connectivity index (χ0v) is 10.4. The standard InChI is InChI=1S/C8H8F3IN2O2/c1-16-7(15)6-5(12)4-13-14(6)3-2-8(9,10)11/h4H,2-3H2,1H3. The first-order valence-corrected chi connectivity index (χ1v) is 5.29. The van der Waals surface area contributed by atoms with E-state index >= 15 is 0 Å². The van der Waals surface area contributed by atoms with Crippen LogP contribution >= 0.6 is 22.6 Å². The molecule has 0 bridgehead atoms. The molecule has 1 aromatic rings. The Morgan fingerprint density at radius 1 is 1.62 bits per heavy atom. The number of aryl methyl sites for hydroxylation is 1. The first kappa shape index (κ1) is 13.3. The fraction of sp³-hybridized carbons (Fsp3) is 0.500. The Labute approximate surface area is 103 Å². The first-order valence-electron chi connectivity index (χ1n) is 4.21. The summed E-state index contributed by atoms with van der Waals surface area (Å²) in [6.45, 7) is -0.392. The molecule has 4 nitrogen and oxygen atoms in total. The first-order chi connectivity index (χ1) is 7.35. The lowest BCUT2D eigenvalue weighted by Gasteiger charge is -2.08. The van der Waals surface area contributed by atoms with Gasteiger partial charge in [-0.1, -0.05) is 0 Å². The topological polar surface area (TPSA) is 44.1 Å². The van der Waals surface area contributed by atoms with E-state index in [-0.39, 0.29) is 5.69 Å². The fourth-order valence-corrected chi connectivity index (χ4v) is 1.69. The van der Waals surface area contributed by atoms with Gasteiger partial charge in [-0.15, -0.1) is 0 Å². The van der Waals surface area contributed by atoms with Crippen LogP contribution < -0.4 is 0 Å². The van der Waals surface area contributed by atoms with Crippen LogP contribution in [0.25, 0.3) is 0 Å². The minimum atomic E-state index is -4.27. The van der Waals surface area contributed by atoms with E-state index in [1.807, 2.05) is 22.6 Å². The van der Waals surface area contributed by atoms with Crippen LogP contribution in [0.4, 0.5) is 13.2 Å². The Kier molecular flexibility index (Phi) is 4.16. The van der Waals surface area contributed by atoms with Gasteiger partial charge in [0.05, 0.1) is 29.8 Å². The maximum atomic E-state index is 12.0. The molecule has 0 saturated heterocycles. The number of nitrogens with zero attached hydrogens (tertiary/aromatic N) is 2. The fourth-order valence-electron chi connectivity index (χ4n) is 1.06. The SMILES string of the molecule is COC(=O)c1c(I)cnn1CCC(F)(F)F.